The van der Waals surface area contributed by atoms with E-state index in [-0.39, 0.29) is 0 Å². The second-order valence-electron chi connectivity index (χ2n) is 6.41. The molecule has 8 nitrogen and oxygen atoms in total. The molecule has 3 atom stereocenters. The van der Waals surface area contributed by atoms with E-state index in [9.17, 15) is 19.5 Å². The Morgan fingerprint density at radius 3 is 2.22 bits per heavy atom. The van der Waals surface area contributed by atoms with E-state index < -0.39 is 35.7 Å². The zero-order valence-corrected chi connectivity index (χ0v) is 15.7. The van der Waals surface area contributed by atoms with Crippen LogP contribution >= 0.6 is 0 Å². The van der Waals surface area contributed by atoms with E-state index in [1.807, 2.05) is 0 Å². The molecule has 1 aromatic carbocycles. The van der Waals surface area contributed by atoms with E-state index in [4.69, 9.17) is 14.2 Å². The molecule has 0 radical (unpaired) electrons. The number of amides is 1. The lowest BCUT2D eigenvalue weighted by atomic mass is 9.78. The third-order valence-electron chi connectivity index (χ3n) is 4.88. The molecule has 0 bridgehead atoms. The number of carbonyl (C=O) groups excluding carboxylic acids is 2. The molecule has 2 rings (SSSR count). The van der Waals surface area contributed by atoms with Crippen molar-refractivity contribution in [3.63, 3.8) is 0 Å². The van der Waals surface area contributed by atoms with Crippen molar-refractivity contribution in [2.24, 2.45) is 11.8 Å². The van der Waals surface area contributed by atoms with Gasteiger partial charge in [-0.15, -0.1) is 0 Å². The van der Waals surface area contributed by atoms with E-state index in [0.717, 1.165) is 12.8 Å². The predicted octanol–water partition coefficient (Wildman–Crippen LogP) is 1.93. The fraction of sp³-hybridized carbons (Fsp3) is 0.526. The lowest BCUT2D eigenvalue weighted by Gasteiger charge is -2.29. The largest absolute Gasteiger partial charge is 0.493 e. The van der Waals surface area contributed by atoms with Gasteiger partial charge in [-0.1, -0.05) is 18.9 Å². The molecule has 2 N–H and O–H groups in total. The molecule has 1 fully saturated rings. The summed E-state index contributed by atoms with van der Waals surface area (Å²) in [5.41, 5.74) is 0.454. The predicted molar refractivity (Wildman–Crippen MR) is 95.5 cm³/mol. The van der Waals surface area contributed by atoms with Gasteiger partial charge in [0.15, 0.2) is 17.5 Å². The Morgan fingerprint density at radius 2 is 1.67 bits per heavy atom. The molecule has 8 heteroatoms. The number of carbonyl (C=O) groups is 3. The van der Waals surface area contributed by atoms with Crippen LogP contribution < -0.4 is 14.8 Å². The molecule has 0 saturated heterocycles. The summed E-state index contributed by atoms with van der Waals surface area (Å²) in [4.78, 5) is 36.5. The standard InChI is InChI=1S/C19H25NO7/c1-25-14-9-8-11(10-15(14)26-2)16(19(24)27-3)20-17(21)12-6-4-5-7-13(12)18(22)23/h8-10,12-13,16H,4-7H2,1-3H3,(H,20,21)(H,22,23)/t12-,13-,16-/m0/s1. The smallest absolute Gasteiger partial charge is 0.333 e. The van der Waals surface area contributed by atoms with E-state index >= 15 is 0 Å². The Hall–Kier alpha value is -2.77. The van der Waals surface area contributed by atoms with Crippen LogP contribution in [-0.4, -0.2) is 44.3 Å². The number of hydrogen-bond donors (Lipinski definition) is 2. The van der Waals surface area contributed by atoms with Crippen molar-refractivity contribution in [3.8, 4) is 11.5 Å². The molecule has 148 valence electrons. The molecular weight excluding hydrogens is 354 g/mol. The second kappa shape index (κ2) is 9.25. The van der Waals surface area contributed by atoms with Crippen LogP contribution in [0, 0.1) is 11.8 Å². The van der Waals surface area contributed by atoms with Crippen molar-refractivity contribution in [3.05, 3.63) is 23.8 Å². The minimum Gasteiger partial charge on any atom is -0.493 e. The molecule has 0 unspecified atom stereocenters. The maximum Gasteiger partial charge on any atom is 0.333 e. The minimum absolute atomic E-state index is 0.402. The number of ether oxygens (including phenoxy) is 3. The summed E-state index contributed by atoms with van der Waals surface area (Å²) in [5, 5.41) is 12.0. The SMILES string of the molecule is COC(=O)[C@@H](NC(=O)[C@H]1CCCC[C@@H]1C(=O)O)c1ccc(OC)c(OC)c1. The first-order chi connectivity index (χ1) is 12.9. The van der Waals surface area contributed by atoms with Crippen LogP contribution in [-0.2, 0) is 19.1 Å². The maximum absolute atomic E-state index is 12.8. The molecule has 0 spiro atoms. The van der Waals surface area contributed by atoms with Crippen molar-refractivity contribution < 1.29 is 33.7 Å². The summed E-state index contributed by atoms with van der Waals surface area (Å²) < 4.78 is 15.2. The quantitative estimate of drug-likeness (QED) is 0.696. The van der Waals surface area contributed by atoms with Gasteiger partial charge in [0.2, 0.25) is 5.91 Å². The number of rotatable bonds is 7. The number of benzene rings is 1. The minimum atomic E-state index is -1.07. The Bertz CT molecular complexity index is 703. The van der Waals surface area contributed by atoms with Gasteiger partial charge in [-0.2, -0.15) is 0 Å². The van der Waals surface area contributed by atoms with Crippen LogP contribution in [0.15, 0.2) is 18.2 Å². The van der Waals surface area contributed by atoms with Crippen molar-refractivity contribution in [2.75, 3.05) is 21.3 Å². The normalized spacial score (nSPS) is 20.3. The van der Waals surface area contributed by atoms with Gasteiger partial charge in [-0.25, -0.2) is 4.79 Å². The highest BCUT2D eigenvalue weighted by molar-refractivity contribution is 5.89. The first kappa shape index (κ1) is 20.5. The number of aliphatic carboxylic acids is 1. The Balaban J connectivity index is 2.28. The molecular formula is C19H25NO7. The van der Waals surface area contributed by atoms with Gasteiger partial charge in [-0.3, -0.25) is 9.59 Å². The third kappa shape index (κ3) is 4.69. The second-order valence-corrected chi connectivity index (χ2v) is 6.41. The molecule has 1 aliphatic carbocycles. The van der Waals surface area contributed by atoms with Gasteiger partial charge in [0.25, 0.3) is 0 Å². The van der Waals surface area contributed by atoms with Gasteiger partial charge in [0.1, 0.15) is 0 Å². The summed E-state index contributed by atoms with van der Waals surface area (Å²) >= 11 is 0. The maximum atomic E-state index is 12.8. The monoisotopic (exact) mass is 379 g/mol. The van der Waals surface area contributed by atoms with Crippen molar-refractivity contribution in [2.45, 2.75) is 31.7 Å². The number of hydrogen-bond acceptors (Lipinski definition) is 6. The molecule has 1 saturated carbocycles. The zero-order valence-electron chi connectivity index (χ0n) is 15.7. The van der Waals surface area contributed by atoms with Gasteiger partial charge in [0, 0.05) is 0 Å². The number of esters is 1. The van der Waals surface area contributed by atoms with Gasteiger partial charge in [0.05, 0.1) is 33.2 Å². The molecule has 0 aliphatic heterocycles. The molecule has 0 aromatic heterocycles. The summed E-state index contributed by atoms with van der Waals surface area (Å²) in [7, 11) is 4.18. The Kier molecular flexibility index (Phi) is 7.04. The van der Waals surface area contributed by atoms with E-state index in [2.05, 4.69) is 5.32 Å². The van der Waals surface area contributed by atoms with Gasteiger partial charge in [-0.05, 0) is 30.5 Å². The van der Waals surface area contributed by atoms with Crippen LogP contribution in [0.25, 0.3) is 0 Å². The topological polar surface area (TPSA) is 111 Å². The number of nitrogens with one attached hydrogen (secondary N) is 1. The lowest BCUT2D eigenvalue weighted by molar-refractivity contribution is -0.150. The highest BCUT2D eigenvalue weighted by Gasteiger charge is 2.37. The van der Waals surface area contributed by atoms with Crippen molar-refractivity contribution in [1.82, 2.24) is 5.32 Å². The van der Waals surface area contributed by atoms with Crippen molar-refractivity contribution in [1.29, 1.82) is 0 Å². The molecule has 1 aliphatic rings. The van der Waals surface area contributed by atoms with Crippen LogP contribution in [0.4, 0.5) is 0 Å². The fourth-order valence-electron chi connectivity index (χ4n) is 3.42. The van der Waals surface area contributed by atoms with Crippen LogP contribution in [0.2, 0.25) is 0 Å². The summed E-state index contributed by atoms with van der Waals surface area (Å²) in [6.45, 7) is 0. The number of carboxylic acids is 1. The van der Waals surface area contributed by atoms with E-state index in [0.29, 0.717) is 29.9 Å². The third-order valence-corrected chi connectivity index (χ3v) is 4.88. The highest BCUT2D eigenvalue weighted by Crippen LogP contribution is 2.33. The highest BCUT2D eigenvalue weighted by atomic mass is 16.5. The zero-order chi connectivity index (χ0) is 20.0. The number of carboxylic acid groups (broad SMARTS) is 1. The Morgan fingerprint density at radius 1 is 1.04 bits per heavy atom. The first-order valence-corrected chi connectivity index (χ1v) is 8.75. The average molecular weight is 379 g/mol. The first-order valence-electron chi connectivity index (χ1n) is 8.75. The van der Waals surface area contributed by atoms with Crippen molar-refractivity contribution >= 4 is 17.8 Å². The van der Waals surface area contributed by atoms with E-state index in [1.165, 1.54) is 21.3 Å². The average Bonchev–Trinajstić information content (AvgIpc) is 2.70. The molecule has 0 heterocycles. The molecule has 1 amide bonds. The van der Waals surface area contributed by atoms with Crippen LogP contribution in [0.5, 0.6) is 11.5 Å². The van der Waals surface area contributed by atoms with E-state index in [1.54, 1.807) is 18.2 Å². The summed E-state index contributed by atoms with van der Waals surface area (Å²) in [5.74, 6) is -2.65. The molecule has 27 heavy (non-hydrogen) atoms. The fourth-order valence-corrected chi connectivity index (χ4v) is 3.42. The van der Waals surface area contributed by atoms with Crippen LogP contribution in [0.1, 0.15) is 37.3 Å². The lowest BCUT2D eigenvalue weighted by Crippen LogP contribution is -2.43. The van der Waals surface area contributed by atoms with Crippen LogP contribution in [0.3, 0.4) is 0 Å². The summed E-state index contributed by atoms with van der Waals surface area (Å²) in [6.07, 6.45) is 2.48. The van der Waals surface area contributed by atoms with Gasteiger partial charge >= 0.3 is 11.9 Å². The molecule has 1 aromatic rings. The van der Waals surface area contributed by atoms with Gasteiger partial charge < -0.3 is 24.6 Å². The Labute approximate surface area is 157 Å². The summed E-state index contributed by atoms with van der Waals surface area (Å²) in [6, 6.07) is 3.75. The number of methoxy groups -OCH3 is 3.